The molecule has 0 saturated carbocycles. The van der Waals surface area contributed by atoms with Crippen LogP contribution in [0.1, 0.15) is 60.8 Å². The molecular weight excluding hydrogens is 420 g/mol. The van der Waals surface area contributed by atoms with Crippen molar-refractivity contribution in [2.24, 2.45) is 7.05 Å². The Balaban J connectivity index is 1.64. The Morgan fingerprint density at radius 3 is 2.60 bits per heavy atom. The molecule has 0 bridgehead atoms. The smallest absolute Gasteiger partial charge is 0.265 e. The number of sulfonamides is 1. The van der Waals surface area contributed by atoms with Gasteiger partial charge in [-0.1, -0.05) is 13.3 Å². The maximum Gasteiger partial charge on any atom is 0.265 e. The SMILES string of the molecule is CC[C@@H]1CCCCN1S(=O)(=O)c1cc(-c2nc(C)c(C(=O)N3CCCC3)s2)n(C)c1. The highest BCUT2D eigenvalue weighted by atomic mass is 32.2. The van der Waals surface area contributed by atoms with Gasteiger partial charge in [0.1, 0.15) is 14.8 Å². The Morgan fingerprint density at radius 2 is 1.90 bits per heavy atom. The minimum absolute atomic E-state index is 0.0370. The van der Waals surface area contributed by atoms with Gasteiger partial charge in [-0.05, 0) is 45.1 Å². The second-order valence-corrected chi connectivity index (χ2v) is 11.2. The number of amides is 1. The maximum atomic E-state index is 13.3. The molecule has 2 aliphatic rings. The first-order valence-corrected chi connectivity index (χ1v) is 13.0. The van der Waals surface area contributed by atoms with Crippen LogP contribution in [-0.4, -0.2) is 58.8 Å². The van der Waals surface area contributed by atoms with Gasteiger partial charge in [-0.3, -0.25) is 4.79 Å². The standard InChI is InChI=1S/C21H30N4O3S2/c1-4-16-9-5-6-12-25(16)30(27,28)17-13-18(23(3)14-17)20-22-15(2)19(29-20)21(26)24-10-7-8-11-24/h13-14,16H,4-12H2,1-3H3/t16-/m1/s1. The summed E-state index contributed by atoms with van der Waals surface area (Å²) in [6, 6.07) is 1.78. The first-order chi connectivity index (χ1) is 14.3. The Morgan fingerprint density at radius 1 is 1.20 bits per heavy atom. The van der Waals surface area contributed by atoms with E-state index >= 15 is 0 Å². The van der Waals surface area contributed by atoms with Crippen LogP contribution in [0.3, 0.4) is 0 Å². The molecule has 0 aliphatic carbocycles. The van der Waals surface area contributed by atoms with Crippen LogP contribution in [0, 0.1) is 6.92 Å². The average molecular weight is 451 g/mol. The van der Waals surface area contributed by atoms with Crippen molar-refractivity contribution in [2.75, 3.05) is 19.6 Å². The highest BCUT2D eigenvalue weighted by molar-refractivity contribution is 7.89. The summed E-state index contributed by atoms with van der Waals surface area (Å²) in [6.45, 7) is 6.07. The summed E-state index contributed by atoms with van der Waals surface area (Å²) in [4.78, 5) is 20.3. The van der Waals surface area contributed by atoms with Crippen molar-refractivity contribution in [1.82, 2.24) is 18.8 Å². The van der Waals surface area contributed by atoms with Crippen molar-refractivity contribution in [2.45, 2.75) is 63.3 Å². The zero-order chi connectivity index (χ0) is 21.5. The number of rotatable bonds is 5. The molecule has 2 fully saturated rings. The van der Waals surface area contributed by atoms with Gasteiger partial charge in [0.15, 0.2) is 0 Å². The molecule has 164 valence electrons. The molecule has 4 rings (SSSR count). The van der Waals surface area contributed by atoms with Gasteiger partial charge >= 0.3 is 0 Å². The molecule has 2 aromatic rings. The van der Waals surface area contributed by atoms with Crippen molar-refractivity contribution >= 4 is 27.3 Å². The maximum absolute atomic E-state index is 13.3. The summed E-state index contributed by atoms with van der Waals surface area (Å²) < 4.78 is 30.2. The molecule has 2 aromatic heterocycles. The lowest BCUT2D eigenvalue weighted by atomic mass is 10.0. The fraction of sp³-hybridized carbons (Fsp3) is 0.619. The van der Waals surface area contributed by atoms with E-state index in [1.54, 1.807) is 21.1 Å². The molecule has 7 nitrogen and oxygen atoms in total. The molecule has 0 radical (unpaired) electrons. The van der Waals surface area contributed by atoms with Crippen LogP contribution >= 0.6 is 11.3 Å². The van der Waals surface area contributed by atoms with Crippen molar-refractivity contribution in [3.8, 4) is 10.7 Å². The second-order valence-electron chi connectivity index (χ2n) is 8.28. The van der Waals surface area contributed by atoms with Gasteiger partial charge < -0.3 is 9.47 Å². The third kappa shape index (κ3) is 3.83. The van der Waals surface area contributed by atoms with Crippen molar-refractivity contribution in [3.63, 3.8) is 0 Å². The van der Waals surface area contributed by atoms with Gasteiger partial charge in [0.05, 0.1) is 11.4 Å². The summed E-state index contributed by atoms with van der Waals surface area (Å²) in [5.41, 5.74) is 1.44. The van der Waals surface area contributed by atoms with Gasteiger partial charge in [-0.25, -0.2) is 13.4 Å². The Hall–Kier alpha value is -1.71. The molecule has 1 atom stereocenters. The molecular formula is C21H30N4O3S2. The van der Waals surface area contributed by atoms with E-state index in [9.17, 15) is 13.2 Å². The van der Waals surface area contributed by atoms with E-state index in [1.807, 2.05) is 25.8 Å². The van der Waals surface area contributed by atoms with Crippen LogP contribution in [0.5, 0.6) is 0 Å². The molecule has 0 aromatic carbocycles. The molecule has 0 N–H and O–H groups in total. The molecule has 2 saturated heterocycles. The number of carbonyl (C=O) groups excluding carboxylic acids is 1. The van der Waals surface area contributed by atoms with Crippen LogP contribution in [0.2, 0.25) is 0 Å². The Kier molecular flexibility index (Phi) is 6.05. The van der Waals surface area contributed by atoms with Crippen LogP contribution in [-0.2, 0) is 17.1 Å². The molecule has 4 heterocycles. The summed E-state index contributed by atoms with van der Waals surface area (Å²) in [7, 11) is -1.72. The number of piperidine rings is 1. The summed E-state index contributed by atoms with van der Waals surface area (Å²) in [5, 5.41) is 0.685. The van der Waals surface area contributed by atoms with E-state index in [0.717, 1.165) is 57.3 Å². The fourth-order valence-electron chi connectivity index (χ4n) is 4.49. The van der Waals surface area contributed by atoms with Crippen molar-refractivity contribution in [3.05, 3.63) is 22.8 Å². The Labute approximate surface area is 182 Å². The predicted octanol–water partition coefficient (Wildman–Crippen LogP) is 3.65. The second kappa shape index (κ2) is 8.43. The summed E-state index contributed by atoms with van der Waals surface area (Å²) >= 11 is 1.35. The van der Waals surface area contributed by atoms with Crippen LogP contribution in [0.25, 0.3) is 10.7 Å². The lowest BCUT2D eigenvalue weighted by Gasteiger charge is -2.33. The lowest BCUT2D eigenvalue weighted by molar-refractivity contribution is 0.0796. The molecule has 30 heavy (non-hydrogen) atoms. The van der Waals surface area contributed by atoms with Crippen LogP contribution < -0.4 is 0 Å². The molecule has 2 aliphatic heterocycles. The van der Waals surface area contributed by atoms with Gasteiger partial charge in [0, 0.05) is 38.9 Å². The average Bonchev–Trinajstić information content (AvgIpc) is 3.47. The highest BCUT2D eigenvalue weighted by Gasteiger charge is 2.34. The quantitative estimate of drug-likeness (QED) is 0.697. The number of nitrogens with zero attached hydrogens (tertiary/aromatic N) is 4. The van der Waals surface area contributed by atoms with E-state index in [4.69, 9.17) is 0 Å². The van der Waals surface area contributed by atoms with E-state index in [2.05, 4.69) is 4.98 Å². The number of likely N-dealkylation sites (tertiary alicyclic amines) is 1. The van der Waals surface area contributed by atoms with Crippen LogP contribution in [0.4, 0.5) is 0 Å². The lowest BCUT2D eigenvalue weighted by Crippen LogP contribution is -2.43. The van der Waals surface area contributed by atoms with Gasteiger partial charge in [-0.15, -0.1) is 11.3 Å². The highest BCUT2D eigenvalue weighted by Crippen LogP contribution is 2.33. The zero-order valence-electron chi connectivity index (χ0n) is 17.9. The van der Waals surface area contributed by atoms with E-state index in [1.165, 1.54) is 11.3 Å². The van der Waals surface area contributed by atoms with Gasteiger partial charge in [0.2, 0.25) is 10.0 Å². The number of aryl methyl sites for hydroxylation is 2. The van der Waals surface area contributed by atoms with E-state index < -0.39 is 10.0 Å². The topological polar surface area (TPSA) is 75.5 Å². The number of thiazole rings is 1. The third-order valence-corrected chi connectivity index (χ3v) is 9.32. The third-order valence-electron chi connectivity index (χ3n) is 6.23. The first kappa shape index (κ1) is 21.5. The normalized spacial score (nSPS) is 20.8. The van der Waals surface area contributed by atoms with Crippen molar-refractivity contribution < 1.29 is 13.2 Å². The molecule has 1 amide bonds. The predicted molar refractivity (Wildman–Crippen MR) is 118 cm³/mol. The monoisotopic (exact) mass is 450 g/mol. The number of hydrogen-bond donors (Lipinski definition) is 0. The van der Waals surface area contributed by atoms with Crippen LogP contribution in [0.15, 0.2) is 17.2 Å². The van der Waals surface area contributed by atoms with Gasteiger partial charge in [0.25, 0.3) is 5.91 Å². The van der Waals surface area contributed by atoms with E-state index in [0.29, 0.717) is 27.0 Å². The number of aromatic nitrogens is 2. The van der Waals surface area contributed by atoms with Crippen molar-refractivity contribution in [1.29, 1.82) is 0 Å². The molecule has 0 unspecified atom stereocenters. The summed E-state index contributed by atoms with van der Waals surface area (Å²) in [6.07, 6.45) is 7.50. The molecule has 0 spiro atoms. The minimum atomic E-state index is -3.55. The fourth-order valence-corrected chi connectivity index (χ4v) is 7.42. The number of hydrogen-bond acceptors (Lipinski definition) is 5. The molecule has 9 heteroatoms. The van der Waals surface area contributed by atoms with E-state index in [-0.39, 0.29) is 11.9 Å². The zero-order valence-corrected chi connectivity index (χ0v) is 19.6. The minimum Gasteiger partial charge on any atom is -0.347 e. The largest absolute Gasteiger partial charge is 0.347 e. The number of carbonyl (C=O) groups is 1. The van der Waals surface area contributed by atoms with Gasteiger partial charge in [-0.2, -0.15) is 4.31 Å². The Bertz CT molecular complexity index is 1030. The first-order valence-electron chi connectivity index (χ1n) is 10.8. The summed E-state index contributed by atoms with van der Waals surface area (Å²) in [5.74, 6) is 0.0370.